The van der Waals surface area contributed by atoms with E-state index in [0.29, 0.717) is 5.82 Å². The van der Waals surface area contributed by atoms with Gasteiger partial charge in [-0.25, -0.2) is 0 Å². The highest BCUT2D eigenvalue weighted by atomic mass is 32.2. The summed E-state index contributed by atoms with van der Waals surface area (Å²) in [7, 11) is -3.58. The first kappa shape index (κ1) is 11.9. The van der Waals surface area contributed by atoms with Gasteiger partial charge in [0.05, 0.1) is 5.52 Å². The monoisotopic (exact) mass is 254 g/mol. The number of benzene rings is 1. The van der Waals surface area contributed by atoms with Gasteiger partial charge in [0.1, 0.15) is 0 Å². The van der Waals surface area contributed by atoms with Crippen LogP contribution >= 0.6 is 0 Å². The van der Waals surface area contributed by atoms with Crippen molar-refractivity contribution in [2.75, 3.05) is 4.72 Å². The Balaban J connectivity index is 2.30. The van der Waals surface area contributed by atoms with Crippen LogP contribution in [0, 0.1) is 0 Å². The predicted molar refractivity (Wildman–Crippen MR) is 66.9 cm³/mol. The molecule has 0 aliphatic carbocycles. The molecule has 0 aliphatic rings. The number of hydrogen-bond donors (Lipinski definition) is 3. The first-order chi connectivity index (χ1) is 7.98. The Morgan fingerprint density at radius 1 is 1.29 bits per heavy atom. The molecule has 0 saturated carbocycles. The van der Waals surface area contributed by atoms with Gasteiger partial charge in [0.2, 0.25) is 0 Å². The van der Waals surface area contributed by atoms with E-state index in [-0.39, 0.29) is 6.04 Å². The Bertz CT molecular complexity index is 618. The van der Waals surface area contributed by atoms with Crippen molar-refractivity contribution in [2.24, 2.45) is 0 Å². The summed E-state index contributed by atoms with van der Waals surface area (Å²) in [5.41, 5.74) is 0.787. The molecule has 1 aromatic heterocycles. The van der Waals surface area contributed by atoms with Gasteiger partial charge in [0.25, 0.3) is 0 Å². The van der Waals surface area contributed by atoms with Crippen molar-refractivity contribution in [1.82, 2.24) is 14.9 Å². The van der Waals surface area contributed by atoms with E-state index >= 15 is 0 Å². The van der Waals surface area contributed by atoms with Gasteiger partial charge >= 0.3 is 10.2 Å². The highest BCUT2D eigenvalue weighted by Gasteiger charge is 2.14. The first-order valence-corrected chi connectivity index (χ1v) is 6.69. The van der Waals surface area contributed by atoms with Crippen LogP contribution in [0.5, 0.6) is 0 Å². The summed E-state index contributed by atoms with van der Waals surface area (Å²) in [6.45, 7) is 3.50. The quantitative estimate of drug-likeness (QED) is 0.766. The number of fused-ring (bicyclic) bond motifs is 1. The molecule has 17 heavy (non-hydrogen) atoms. The van der Waals surface area contributed by atoms with Crippen molar-refractivity contribution in [2.45, 2.75) is 19.9 Å². The molecule has 92 valence electrons. The number of anilines is 1. The number of hydrogen-bond acceptors (Lipinski definition) is 3. The molecule has 2 rings (SSSR count). The van der Waals surface area contributed by atoms with Gasteiger partial charge < -0.3 is 0 Å². The maximum Gasteiger partial charge on any atom is 0.300 e. The lowest BCUT2D eigenvalue weighted by Crippen LogP contribution is -2.35. The lowest BCUT2D eigenvalue weighted by Gasteiger charge is -2.09. The molecule has 6 nitrogen and oxygen atoms in total. The first-order valence-electron chi connectivity index (χ1n) is 5.21. The van der Waals surface area contributed by atoms with Crippen molar-refractivity contribution in [1.29, 1.82) is 0 Å². The Kier molecular flexibility index (Phi) is 3.03. The van der Waals surface area contributed by atoms with Crippen molar-refractivity contribution in [3.05, 3.63) is 24.3 Å². The molecule has 0 unspecified atom stereocenters. The van der Waals surface area contributed by atoms with Crippen LogP contribution in [0.2, 0.25) is 0 Å². The molecular formula is C10H14N4O2S. The second-order valence-corrected chi connectivity index (χ2v) is 5.44. The lowest BCUT2D eigenvalue weighted by atomic mass is 10.2. The smallest absolute Gasteiger partial charge is 0.276 e. The van der Waals surface area contributed by atoms with Crippen molar-refractivity contribution in [3.8, 4) is 0 Å². The molecule has 3 N–H and O–H groups in total. The average molecular weight is 254 g/mol. The number of para-hydroxylation sites is 1. The van der Waals surface area contributed by atoms with Crippen LogP contribution in [0.25, 0.3) is 10.9 Å². The third kappa shape index (κ3) is 2.75. The van der Waals surface area contributed by atoms with Gasteiger partial charge in [-0.3, -0.25) is 9.82 Å². The number of aromatic nitrogens is 2. The molecule has 0 atom stereocenters. The minimum atomic E-state index is -3.58. The minimum absolute atomic E-state index is 0.169. The van der Waals surface area contributed by atoms with Gasteiger partial charge in [0, 0.05) is 11.4 Å². The SMILES string of the molecule is CC(C)NS(=O)(=O)Nc1n[nH]c2ccccc12. The summed E-state index contributed by atoms with van der Waals surface area (Å²) in [6, 6.07) is 7.14. The second-order valence-electron chi connectivity index (χ2n) is 4.00. The van der Waals surface area contributed by atoms with Crippen molar-refractivity contribution in [3.63, 3.8) is 0 Å². The highest BCUT2D eigenvalue weighted by molar-refractivity contribution is 7.90. The number of nitrogens with one attached hydrogen (secondary N) is 3. The maximum absolute atomic E-state index is 11.7. The van der Waals surface area contributed by atoms with E-state index in [9.17, 15) is 8.42 Å². The van der Waals surface area contributed by atoms with Gasteiger partial charge in [-0.1, -0.05) is 12.1 Å². The fourth-order valence-electron chi connectivity index (χ4n) is 1.51. The third-order valence-corrected chi connectivity index (χ3v) is 3.34. The Morgan fingerprint density at radius 2 is 2.00 bits per heavy atom. The number of H-pyrrole nitrogens is 1. The molecule has 0 radical (unpaired) electrons. The summed E-state index contributed by atoms with van der Waals surface area (Å²) >= 11 is 0. The van der Waals surface area contributed by atoms with E-state index in [1.165, 1.54) is 0 Å². The van der Waals surface area contributed by atoms with E-state index in [0.717, 1.165) is 10.9 Å². The number of aromatic amines is 1. The fourth-order valence-corrected chi connectivity index (χ4v) is 2.60. The molecule has 1 aromatic carbocycles. The summed E-state index contributed by atoms with van der Waals surface area (Å²) in [4.78, 5) is 0. The summed E-state index contributed by atoms with van der Waals surface area (Å²) in [5, 5.41) is 7.43. The molecule has 0 bridgehead atoms. The van der Waals surface area contributed by atoms with Crippen LogP contribution in [0.1, 0.15) is 13.8 Å². The summed E-state index contributed by atoms with van der Waals surface area (Å²) in [5.74, 6) is 0.300. The van der Waals surface area contributed by atoms with Crippen LogP contribution in [0.3, 0.4) is 0 Å². The van der Waals surface area contributed by atoms with Gasteiger partial charge in [0.15, 0.2) is 5.82 Å². The molecule has 0 amide bonds. The van der Waals surface area contributed by atoms with E-state index in [4.69, 9.17) is 0 Å². The van der Waals surface area contributed by atoms with Gasteiger partial charge in [-0.05, 0) is 26.0 Å². The van der Waals surface area contributed by atoms with Crippen LogP contribution in [-0.2, 0) is 10.2 Å². The van der Waals surface area contributed by atoms with Crippen LogP contribution in [0.4, 0.5) is 5.82 Å². The standard InChI is InChI=1S/C10H14N4O2S/c1-7(2)13-17(15,16)14-10-8-5-3-4-6-9(8)11-12-10/h3-7,13H,1-2H3,(H2,11,12,14). The molecule has 0 saturated heterocycles. The fraction of sp³-hybridized carbons (Fsp3) is 0.300. The van der Waals surface area contributed by atoms with Crippen molar-refractivity contribution < 1.29 is 8.42 Å². The van der Waals surface area contributed by atoms with E-state index in [1.807, 2.05) is 18.2 Å². The number of nitrogens with zero attached hydrogens (tertiary/aromatic N) is 1. The van der Waals surface area contributed by atoms with Gasteiger partial charge in [-0.2, -0.15) is 18.2 Å². The molecule has 2 aromatic rings. The van der Waals surface area contributed by atoms with E-state index < -0.39 is 10.2 Å². The summed E-state index contributed by atoms with van der Waals surface area (Å²) in [6.07, 6.45) is 0. The predicted octanol–water partition coefficient (Wildman–Crippen LogP) is 1.22. The Hall–Kier alpha value is -1.60. The molecule has 7 heteroatoms. The lowest BCUT2D eigenvalue weighted by molar-refractivity contribution is 0.575. The van der Waals surface area contributed by atoms with Crippen LogP contribution in [0.15, 0.2) is 24.3 Å². The number of rotatable bonds is 4. The average Bonchev–Trinajstić information content (AvgIpc) is 2.59. The normalized spacial score (nSPS) is 12.2. The Labute approximate surface area is 99.6 Å². The third-order valence-electron chi connectivity index (χ3n) is 2.09. The molecule has 0 fully saturated rings. The van der Waals surface area contributed by atoms with Crippen LogP contribution in [-0.4, -0.2) is 24.7 Å². The zero-order valence-corrected chi connectivity index (χ0v) is 10.4. The molecule has 1 heterocycles. The van der Waals surface area contributed by atoms with E-state index in [1.54, 1.807) is 19.9 Å². The highest BCUT2D eigenvalue weighted by Crippen LogP contribution is 2.20. The van der Waals surface area contributed by atoms with Gasteiger partial charge in [-0.15, -0.1) is 0 Å². The van der Waals surface area contributed by atoms with E-state index in [2.05, 4.69) is 19.6 Å². The Morgan fingerprint density at radius 3 is 2.71 bits per heavy atom. The topological polar surface area (TPSA) is 86.9 Å². The largest absolute Gasteiger partial charge is 0.300 e. The zero-order valence-electron chi connectivity index (χ0n) is 9.56. The van der Waals surface area contributed by atoms with Crippen LogP contribution < -0.4 is 9.44 Å². The van der Waals surface area contributed by atoms with Crippen molar-refractivity contribution >= 4 is 26.9 Å². The molecule has 0 aliphatic heterocycles. The second kappa shape index (κ2) is 4.34. The molecule has 0 spiro atoms. The zero-order chi connectivity index (χ0) is 12.5. The molecular weight excluding hydrogens is 240 g/mol. The minimum Gasteiger partial charge on any atom is -0.276 e. The summed E-state index contributed by atoms with van der Waals surface area (Å²) < 4.78 is 28.2. The maximum atomic E-state index is 11.7.